The summed E-state index contributed by atoms with van der Waals surface area (Å²) in [5.41, 5.74) is 2.57. The molecule has 5 atom stereocenters. The van der Waals surface area contributed by atoms with Crippen LogP contribution in [0.1, 0.15) is 69.2 Å². The van der Waals surface area contributed by atoms with Crippen LogP contribution in [0.15, 0.2) is 55.1 Å². The second-order valence-corrected chi connectivity index (χ2v) is 13.5. The van der Waals surface area contributed by atoms with Crippen molar-refractivity contribution in [1.29, 1.82) is 0 Å². The van der Waals surface area contributed by atoms with E-state index < -0.39 is 23.1 Å². The Balaban J connectivity index is 1.50. The molecule has 2 bridgehead atoms. The lowest BCUT2D eigenvalue weighted by atomic mass is 9.48. The van der Waals surface area contributed by atoms with Crippen LogP contribution in [-0.4, -0.2) is 71.1 Å². The van der Waals surface area contributed by atoms with E-state index in [1.165, 1.54) is 13.8 Å². The van der Waals surface area contributed by atoms with Gasteiger partial charge in [-0.05, 0) is 61.8 Å². The van der Waals surface area contributed by atoms with E-state index in [0.717, 1.165) is 28.8 Å². The minimum Gasteiger partial charge on any atom is -0.483 e. The first-order valence-corrected chi connectivity index (χ1v) is 16.1. The van der Waals surface area contributed by atoms with Gasteiger partial charge in [0.15, 0.2) is 11.5 Å². The Labute approximate surface area is 266 Å². The number of likely N-dealkylation sites (tertiary alicyclic amines) is 1. The third kappa shape index (κ3) is 5.07. The number of hydrogen-bond acceptors (Lipinski definition) is 7. The Morgan fingerprint density at radius 1 is 1.16 bits per heavy atom. The molecule has 2 aliphatic carbocycles. The first-order valence-electron chi connectivity index (χ1n) is 16.1. The first kappa shape index (κ1) is 31.1. The minimum atomic E-state index is -0.877. The molecule has 8 nitrogen and oxygen atoms in total. The van der Waals surface area contributed by atoms with Crippen molar-refractivity contribution >= 4 is 23.9 Å². The largest absolute Gasteiger partial charge is 0.483 e. The second-order valence-electron chi connectivity index (χ2n) is 13.5. The molecule has 2 heterocycles. The number of esters is 2. The van der Waals surface area contributed by atoms with E-state index in [0.29, 0.717) is 50.3 Å². The summed E-state index contributed by atoms with van der Waals surface area (Å²) in [6.07, 6.45) is 7.45. The van der Waals surface area contributed by atoms with E-state index in [4.69, 9.17) is 14.2 Å². The third-order valence-corrected chi connectivity index (χ3v) is 10.1. The number of hydrogen-bond donors (Lipinski definition) is 0. The fourth-order valence-electron chi connectivity index (χ4n) is 8.79. The molecule has 1 saturated carbocycles. The summed E-state index contributed by atoms with van der Waals surface area (Å²) in [5, 5.41) is 0. The summed E-state index contributed by atoms with van der Waals surface area (Å²) in [6.45, 7) is 15.1. The van der Waals surface area contributed by atoms with Crippen LogP contribution in [0.4, 0.5) is 0 Å². The molecule has 238 valence electrons. The van der Waals surface area contributed by atoms with Crippen molar-refractivity contribution in [3.8, 4) is 11.5 Å². The lowest BCUT2D eigenvalue weighted by Crippen LogP contribution is -2.79. The molecule has 2 aliphatic heterocycles. The van der Waals surface area contributed by atoms with Crippen LogP contribution in [0.3, 0.4) is 0 Å². The number of ether oxygens (including phenoxy) is 3. The fraction of sp³-hybridized carbons (Fsp3) is 0.486. The highest BCUT2D eigenvalue weighted by molar-refractivity contribution is 5.92. The number of amides is 1. The number of aryl methyl sites for hydroxylation is 1. The van der Waals surface area contributed by atoms with Crippen LogP contribution in [0.2, 0.25) is 0 Å². The number of carbonyl (C=O) groups is 3. The molecular formula is C37H44N2O6. The maximum atomic E-state index is 14.1. The van der Waals surface area contributed by atoms with Gasteiger partial charge in [-0.1, -0.05) is 55.8 Å². The van der Waals surface area contributed by atoms with E-state index in [1.807, 2.05) is 54.3 Å². The fourth-order valence-corrected chi connectivity index (χ4v) is 8.79. The summed E-state index contributed by atoms with van der Waals surface area (Å²) in [4.78, 5) is 43.7. The Hall–Kier alpha value is -3.91. The molecule has 0 radical (unpaired) electrons. The number of benzene rings is 2. The molecule has 45 heavy (non-hydrogen) atoms. The maximum absolute atomic E-state index is 14.1. The zero-order chi connectivity index (χ0) is 32.1. The summed E-state index contributed by atoms with van der Waals surface area (Å²) in [7, 11) is 0. The van der Waals surface area contributed by atoms with Gasteiger partial charge in [-0.25, -0.2) is 0 Å². The highest BCUT2D eigenvalue weighted by atomic mass is 16.6. The van der Waals surface area contributed by atoms with Crippen molar-refractivity contribution in [2.24, 2.45) is 5.92 Å². The van der Waals surface area contributed by atoms with E-state index in [9.17, 15) is 14.4 Å². The summed E-state index contributed by atoms with van der Waals surface area (Å²) < 4.78 is 19.3. The zero-order valence-electron chi connectivity index (χ0n) is 27.0. The van der Waals surface area contributed by atoms with Gasteiger partial charge >= 0.3 is 11.9 Å². The molecule has 6 rings (SSSR count). The molecular weight excluding hydrogens is 568 g/mol. The molecule has 2 fully saturated rings. The monoisotopic (exact) mass is 612 g/mol. The topological polar surface area (TPSA) is 85.4 Å². The average Bonchev–Trinajstić information content (AvgIpc) is 3.32. The van der Waals surface area contributed by atoms with Gasteiger partial charge in [-0.2, -0.15) is 0 Å². The minimum absolute atomic E-state index is 0.0805. The van der Waals surface area contributed by atoms with Crippen molar-refractivity contribution in [3.63, 3.8) is 0 Å². The lowest BCUT2D eigenvalue weighted by molar-refractivity contribution is -0.223. The molecule has 2 unspecified atom stereocenters. The lowest BCUT2D eigenvalue weighted by Gasteiger charge is -2.65. The number of piperidine rings is 1. The van der Waals surface area contributed by atoms with Crippen molar-refractivity contribution < 1.29 is 28.6 Å². The van der Waals surface area contributed by atoms with Crippen molar-refractivity contribution in [2.45, 2.75) is 89.5 Å². The van der Waals surface area contributed by atoms with Crippen LogP contribution in [-0.2, 0) is 31.0 Å². The van der Waals surface area contributed by atoms with Crippen LogP contribution in [0.5, 0.6) is 11.5 Å². The van der Waals surface area contributed by atoms with Gasteiger partial charge < -0.3 is 19.1 Å². The molecule has 2 aromatic rings. The van der Waals surface area contributed by atoms with Gasteiger partial charge in [0.05, 0.1) is 17.5 Å². The van der Waals surface area contributed by atoms with E-state index in [2.05, 4.69) is 31.4 Å². The van der Waals surface area contributed by atoms with Gasteiger partial charge in [0, 0.05) is 45.1 Å². The SMILES string of the molecule is C=CCN1CC[C@]23c4c5ccc(OC(C)=O)c4OC2C(N(CC(C)C)C(=O)/C=C/c2cccc(C)c2)CC[C@@]3(OC(C)=O)[C@H]1C5. The zero-order valence-corrected chi connectivity index (χ0v) is 27.0. The van der Waals surface area contributed by atoms with E-state index >= 15 is 0 Å². The second kappa shape index (κ2) is 11.8. The van der Waals surface area contributed by atoms with Crippen molar-refractivity contribution in [2.75, 3.05) is 19.6 Å². The summed E-state index contributed by atoms with van der Waals surface area (Å²) in [6, 6.07) is 11.5. The smallest absolute Gasteiger partial charge is 0.308 e. The van der Waals surface area contributed by atoms with Crippen LogP contribution in [0, 0.1) is 12.8 Å². The molecule has 0 N–H and O–H groups in total. The number of rotatable bonds is 9. The molecule has 8 heteroatoms. The highest BCUT2D eigenvalue weighted by Gasteiger charge is 2.75. The van der Waals surface area contributed by atoms with E-state index in [1.54, 1.807) is 6.08 Å². The summed E-state index contributed by atoms with van der Waals surface area (Å²) >= 11 is 0. The maximum Gasteiger partial charge on any atom is 0.308 e. The van der Waals surface area contributed by atoms with Gasteiger partial charge in [0.1, 0.15) is 11.7 Å². The molecule has 1 saturated heterocycles. The molecule has 1 amide bonds. The van der Waals surface area contributed by atoms with Crippen molar-refractivity contribution in [3.05, 3.63) is 77.4 Å². The first-order chi connectivity index (χ1) is 21.5. The van der Waals surface area contributed by atoms with Crippen LogP contribution in [0.25, 0.3) is 6.08 Å². The predicted octanol–water partition coefficient (Wildman–Crippen LogP) is 5.40. The normalized spacial score (nSPS) is 27.9. The standard InChI is InChI=1S/C37H44N2O6/c1-7-18-38-19-17-36-33-28-12-13-30(43-25(5)40)34(33)44-35(36)29(15-16-37(36,31(38)21-28)45-26(6)41)39(22-23(2)3)32(42)14-11-27-10-8-9-24(4)20-27/h7-14,20,23,29,31,35H,1,15-19,21-22H2,2-6H3/b14-11+/t29?,31-,35?,36+,37-/m1/s1. The highest BCUT2D eigenvalue weighted by Crippen LogP contribution is 2.67. The Bertz CT molecular complexity index is 1560. The number of nitrogens with zero attached hydrogens (tertiary/aromatic N) is 2. The molecule has 4 aliphatic rings. The molecule has 2 aromatic carbocycles. The quantitative estimate of drug-likeness (QED) is 0.162. The van der Waals surface area contributed by atoms with Crippen LogP contribution < -0.4 is 9.47 Å². The third-order valence-electron chi connectivity index (χ3n) is 10.1. The van der Waals surface area contributed by atoms with Gasteiger partial charge in [-0.3, -0.25) is 19.3 Å². The molecule has 1 spiro atoms. The van der Waals surface area contributed by atoms with Crippen LogP contribution >= 0.6 is 0 Å². The predicted molar refractivity (Wildman–Crippen MR) is 172 cm³/mol. The summed E-state index contributed by atoms with van der Waals surface area (Å²) in [5.74, 6) is 0.276. The van der Waals surface area contributed by atoms with Crippen molar-refractivity contribution in [1.82, 2.24) is 9.80 Å². The average molecular weight is 613 g/mol. The molecule has 0 aromatic heterocycles. The van der Waals surface area contributed by atoms with E-state index in [-0.39, 0.29) is 29.9 Å². The van der Waals surface area contributed by atoms with Gasteiger partial charge in [-0.15, -0.1) is 6.58 Å². The Kier molecular flexibility index (Phi) is 8.14. The Morgan fingerprint density at radius 2 is 1.96 bits per heavy atom. The van der Waals surface area contributed by atoms with Gasteiger partial charge in [0.2, 0.25) is 5.91 Å². The Morgan fingerprint density at radius 3 is 2.64 bits per heavy atom. The van der Waals surface area contributed by atoms with Gasteiger partial charge in [0.25, 0.3) is 0 Å². The number of carbonyl (C=O) groups excluding carboxylic acids is 3.